The van der Waals surface area contributed by atoms with Crippen LogP contribution in [0.1, 0.15) is 12.5 Å². The molecule has 0 unspecified atom stereocenters. The van der Waals surface area contributed by atoms with Gasteiger partial charge in [-0.15, -0.1) is 0 Å². The predicted molar refractivity (Wildman–Crippen MR) is 57.5 cm³/mol. The summed E-state index contributed by atoms with van der Waals surface area (Å²) in [6.45, 7) is 4.95. The van der Waals surface area contributed by atoms with Crippen LogP contribution in [0.25, 0.3) is 0 Å². The highest BCUT2D eigenvalue weighted by atomic mass is 79.9. The quantitative estimate of drug-likeness (QED) is 0.765. The van der Waals surface area contributed by atoms with Gasteiger partial charge in [-0.3, -0.25) is 0 Å². The second-order valence-corrected chi connectivity index (χ2v) is 3.52. The molecular formula is C9H13BrN2. The summed E-state index contributed by atoms with van der Waals surface area (Å²) in [6.07, 6.45) is 0. The molecule has 0 bridgehead atoms. The molecule has 0 radical (unpaired) electrons. The zero-order chi connectivity index (χ0) is 9.14. The molecule has 3 heteroatoms. The fourth-order valence-electron chi connectivity index (χ4n) is 1.05. The van der Waals surface area contributed by atoms with Crippen molar-refractivity contribution in [2.75, 3.05) is 17.6 Å². The molecule has 12 heavy (non-hydrogen) atoms. The molecular weight excluding hydrogens is 216 g/mol. The number of nitrogens with one attached hydrogen (secondary N) is 1. The zero-order valence-corrected chi connectivity index (χ0v) is 8.90. The summed E-state index contributed by atoms with van der Waals surface area (Å²) in [4.78, 5) is 0. The maximum absolute atomic E-state index is 5.88. The smallest absolute Gasteiger partial charge is 0.0590 e. The lowest BCUT2D eigenvalue weighted by molar-refractivity contribution is 1.21. The van der Waals surface area contributed by atoms with Gasteiger partial charge in [-0.2, -0.15) is 0 Å². The van der Waals surface area contributed by atoms with Crippen LogP contribution in [0.2, 0.25) is 0 Å². The van der Waals surface area contributed by atoms with Gasteiger partial charge in [0, 0.05) is 11.0 Å². The van der Waals surface area contributed by atoms with Crippen LogP contribution in [-0.4, -0.2) is 6.54 Å². The molecule has 0 spiro atoms. The Labute approximate surface area is 81.3 Å². The molecule has 0 aliphatic rings. The topological polar surface area (TPSA) is 38.0 Å². The minimum Gasteiger partial charge on any atom is -0.397 e. The Balaban J connectivity index is 3.08. The molecule has 0 atom stereocenters. The van der Waals surface area contributed by atoms with Gasteiger partial charge in [0.2, 0.25) is 0 Å². The van der Waals surface area contributed by atoms with E-state index in [9.17, 15) is 0 Å². The molecule has 0 fully saturated rings. The van der Waals surface area contributed by atoms with Crippen LogP contribution < -0.4 is 11.1 Å². The van der Waals surface area contributed by atoms with Crippen molar-refractivity contribution in [3.05, 3.63) is 22.2 Å². The van der Waals surface area contributed by atoms with Gasteiger partial charge in [-0.05, 0) is 31.5 Å². The molecule has 0 saturated carbocycles. The molecule has 1 aromatic carbocycles. The van der Waals surface area contributed by atoms with Crippen molar-refractivity contribution >= 4 is 27.3 Å². The lowest BCUT2D eigenvalue weighted by Gasteiger charge is -2.10. The molecule has 66 valence electrons. The van der Waals surface area contributed by atoms with E-state index in [1.165, 1.54) is 0 Å². The maximum atomic E-state index is 5.88. The van der Waals surface area contributed by atoms with Gasteiger partial charge in [-0.25, -0.2) is 0 Å². The van der Waals surface area contributed by atoms with Crippen LogP contribution in [0.3, 0.4) is 0 Å². The van der Waals surface area contributed by atoms with Crippen molar-refractivity contribution in [1.29, 1.82) is 0 Å². The van der Waals surface area contributed by atoms with Crippen molar-refractivity contribution in [2.45, 2.75) is 13.8 Å². The van der Waals surface area contributed by atoms with E-state index in [2.05, 4.69) is 28.2 Å². The molecule has 0 aromatic heterocycles. The van der Waals surface area contributed by atoms with E-state index >= 15 is 0 Å². The number of nitrogen functional groups attached to an aromatic ring is 1. The third kappa shape index (κ3) is 1.72. The van der Waals surface area contributed by atoms with Crippen LogP contribution in [0.15, 0.2) is 16.6 Å². The van der Waals surface area contributed by atoms with Crippen molar-refractivity contribution in [3.63, 3.8) is 0 Å². The summed E-state index contributed by atoms with van der Waals surface area (Å²) < 4.78 is 1.06. The third-order valence-electron chi connectivity index (χ3n) is 1.82. The molecule has 0 heterocycles. The summed E-state index contributed by atoms with van der Waals surface area (Å²) in [5.41, 5.74) is 8.81. The first-order valence-corrected chi connectivity index (χ1v) is 4.74. The number of hydrogen-bond acceptors (Lipinski definition) is 2. The SMILES string of the molecule is CCNc1ccc(Br)c(C)c1N. The Kier molecular flexibility index (Phi) is 2.98. The molecule has 1 rings (SSSR count). The first-order chi connectivity index (χ1) is 5.66. The largest absolute Gasteiger partial charge is 0.397 e. The summed E-state index contributed by atoms with van der Waals surface area (Å²) in [5.74, 6) is 0. The Morgan fingerprint density at radius 1 is 1.50 bits per heavy atom. The van der Waals surface area contributed by atoms with Crippen LogP contribution in [0, 0.1) is 6.92 Å². The van der Waals surface area contributed by atoms with Crippen molar-refractivity contribution < 1.29 is 0 Å². The fourth-order valence-corrected chi connectivity index (χ4v) is 1.39. The van der Waals surface area contributed by atoms with E-state index in [1.54, 1.807) is 0 Å². The van der Waals surface area contributed by atoms with E-state index in [1.807, 2.05) is 19.1 Å². The van der Waals surface area contributed by atoms with Crippen molar-refractivity contribution in [2.24, 2.45) is 0 Å². The molecule has 1 aromatic rings. The average molecular weight is 229 g/mol. The highest BCUT2D eigenvalue weighted by Crippen LogP contribution is 2.28. The van der Waals surface area contributed by atoms with Gasteiger partial charge < -0.3 is 11.1 Å². The van der Waals surface area contributed by atoms with E-state index in [0.29, 0.717) is 0 Å². The maximum Gasteiger partial charge on any atom is 0.0590 e. The predicted octanol–water partition coefficient (Wildman–Crippen LogP) is 2.77. The number of rotatable bonds is 2. The van der Waals surface area contributed by atoms with E-state index < -0.39 is 0 Å². The Bertz CT molecular complexity index is 284. The van der Waals surface area contributed by atoms with Gasteiger partial charge >= 0.3 is 0 Å². The zero-order valence-electron chi connectivity index (χ0n) is 7.32. The molecule has 2 nitrogen and oxygen atoms in total. The standard InChI is InChI=1S/C9H13BrN2/c1-3-12-8-5-4-7(10)6(2)9(8)11/h4-5,12H,3,11H2,1-2H3. The number of hydrogen-bond donors (Lipinski definition) is 2. The first kappa shape index (κ1) is 9.39. The Morgan fingerprint density at radius 3 is 2.75 bits per heavy atom. The molecule has 0 aliphatic heterocycles. The van der Waals surface area contributed by atoms with Gasteiger partial charge in [-0.1, -0.05) is 15.9 Å². The summed E-state index contributed by atoms with van der Waals surface area (Å²) in [6, 6.07) is 3.99. The molecule has 0 aliphatic carbocycles. The van der Waals surface area contributed by atoms with Gasteiger partial charge in [0.1, 0.15) is 0 Å². The van der Waals surface area contributed by atoms with Crippen LogP contribution in [-0.2, 0) is 0 Å². The van der Waals surface area contributed by atoms with Crippen LogP contribution in [0.5, 0.6) is 0 Å². The Morgan fingerprint density at radius 2 is 2.17 bits per heavy atom. The number of anilines is 2. The number of benzene rings is 1. The summed E-state index contributed by atoms with van der Waals surface area (Å²) in [7, 11) is 0. The van der Waals surface area contributed by atoms with Crippen LogP contribution >= 0.6 is 15.9 Å². The average Bonchev–Trinajstić information content (AvgIpc) is 2.07. The van der Waals surface area contributed by atoms with Gasteiger partial charge in [0.15, 0.2) is 0 Å². The molecule has 0 saturated heterocycles. The lowest BCUT2D eigenvalue weighted by Crippen LogP contribution is -2.02. The number of halogens is 1. The summed E-state index contributed by atoms with van der Waals surface area (Å²) in [5, 5.41) is 3.20. The van der Waals surface area contributed by atoms with Crippen molar-refractivity contribution in [1.82, 2.24) is 0 Å². The van der Waals surface area contributed by atoms with E-state index in [0.717, 1.165) is 28.0 Å². The molecule has 0 amide bonds. The van der Waals surface area contributed by atoms with Crippen LogP contribution in [0.4, 0.5) is 11.4 Å². The summed E-state index contributed by atoms with van der Waals surface area (Å²) >= 11 is 3.42. The Hall–Kier alpha value is -0.700. The van der Waals surface area contributed by atoms with Gasteiger partial charge in [0.05, 0.1) is 11.4 Å². The highest BCUT2D eigenvalue weighted by molar-refractivity contribution is 9.10. The monoisotopic (exact) mass is 228 g/mol. The minimum absolute atomic E-state index is 0.825. The molecule has 3 N–H and O–H groups in total. The second-order valence-electron chi connectivity index (χ2n) is 2.66. The lowest BCUT2D eigenvalue weighted by atomic mass is 10.2. The highest BCUT2D eigenvalue weighted by Gasteiger charge is 2.03. The second kappa shape index (κ2) is 3.81. The van der Waals surface area contributed by atoms with Crippen molar-refractivity contribution in [3.8, 4) is 0 Å². The number of nitrogens with two attached hydrogens (primary N) is 1. The fraction of sp³-hybridized carbons (Fsp3) is 0.333. The first-order valence-electron chi connectivity index (χ1n) is 3.95. The van der Waals surface area contributed by atoms with Gasteiger partial charge in [0.25, 0.3) is 0 Å². The van der Waals surface area contributed by atoms with E-state index in [4.69, 9.17) is 5.73 Å². The third-order valence-corrected chi connectivity index (χ3v) is 2.68. The normalized spacial score (nSPS) is 9.92. The minimum atomic E-state index is 0.825. The van der Waals surface area contributed by atoms with E-state index in [-0.39, 0.29) is 0 Å².